The van der Waals surface area contributed by atoms with Crippen LogP contribution in [0.4, 0.5) is 4.79 Å². The molecule has 0 bridgehead atoms. The van der Waals surface area contributed by atoms with Crippen LogP contribution in [0.2, 0.25) is 0 Å². The number of nitrogens with one attached hydrogen (secondary N) is 3. The van der Waals surface area contributed by atoms with Gasteiger partial charge in [0.15, 0.2) is 0 Å². The summed E-state index contributed by atoms with van der Waals surface area (Å²) in [5.41, 5.74) is -0.483. The number of amides is 3. The molecule has 0 radical (unpaired) electrons. The van der Waals surface area contributed by atoms with Crippen LogP contribution in [0, 0.1) is 0 Å². The fraction of sp³-hybridized carbons (Fsp3) is 0.769. The SMILES string of the molecule is COC(=O)CSCCNC(=O)NCCOC(C)(C)CNC=O. The van der Waals surface area contributed by atoms with Crippen LogP contribution in [-0.4, -0.2) is 68.9 Å². The zero-order valence-electron chi connectivity index (χ0n) is 13.3. The first-order valence-corrected chi connectivity index (χ1v) is 8.04. The highest BCUT2D eigenvalue weighted by Crippen LogP contribution is 2.06. The van der Waals surface area contributed by atoms with Gasteiger partial charge in [-0.1, -0.05) is 0 Å². The van der Waals surface area contributed by atoms with Gasteiger partial charge in [0.2, 0.25) is 6.41 Å². The highest BCUT2D eigenvalue weighted by atomic mass is 32.2. The third-order valence-corrected chi connectivity index (χ3v) is 3.40. The summed E-state index contributed by atoms with van der Waals surface area (Å²) in [6, 6.07) is -0.286. The lowest BCUT2D eigenvalue weighted by Crippen LogP contribution is -2.41. The van der Waals surface area contributed by atoms with Crippen molar-refractivity contribution >= 4 is 30.2 Å². The molecule has 0 spiro atoms. The van der Waals surface area contributed by atoms with E-state index in [1.165, 1.54) is 18.9 Å². The average Bonchev–Trinajstić information content (AvgIpc) is 2.49. The Labute approximate surface area is 135 Å². The van der Waals surface area contributed by atoms with Crippen molar-refractivity contribution < 1.29 is 23.9 Å². The Hall–Kier alpha value is -1.48. The molecule has 128 valence electrons. The van der Waals surface area contributed by atoms with E-state index in [4.69, 9.17) is 4.74 Å². The number of urea groups is 1. The van der Waals surface area contributed by atoms with Crippen LogP contribution in [0.1, 0.15) is 13.8 Å². The lowest BCUT2D eigenvalue weighted by molar-refractivity contribution is -0.137. The molecule has 3 N–H and O–H groups in total. The van der Waals surface area contributed by atoms with Gasteiger partial charge in [-0.2, -0.15) is 0 Å². The maximum absolute atomic E-state index is 11.5. The highest BCUT2D eigenvalue weighted by molar-refractivity contribution is 7.99. The lowest BCUT2D eigenvalue weighted by Gasteiger charge is -2.24. The van der Waals surface area contributed by atoms with Gasteiger partial charge in [0.25, 0.3) is 0 Å². The summed E-state index contributed by atoms with van der Waals surface area (Å²) < 4.78 is 10.0. The van der Waals surface area contributed by atoms with Crippen LogP contribution >= 0.6 is 11.8 Å². The molecule has 22 heavy (non-hydrogen) atoms. The van der Waals surface area contributed by atoms with E-state index in [1.807, 2.05) is 13.8 Å². The predicted octanol–water partition coefficient (Wildman–Crippen LogP) is -0.267. The second-order valence-corrected chi connectivity index (χ2v) is 6.02. The Morgan fingerprint density at radius 3 is 2.55 bits per heavy atom. The molecule has 0 aromatic carbocycles. The van der Waals surface area contributed by atoms with Crippen LogP contribution < -0.4 is 16.0 Å². The first-order valence-electron chi connectivity index (χ1n) is 6.88. The van der Waals surface area contributed by atoms with Crippen LogP contribution in [-0.2, 0) is 19.1 Å². The molecule has 3 amide bonds. The van der Waals surface area contributed by atoms with E-state index in [0.29, 0.717) is 38.4 Å². The molecule has 0 saturated heterocycles. The Kier molecular flexibility index (Phi) is 11.3. The average molecular weight is 335 g/mol. The summed E-state index contributed by atoms with van der Waals surface area (Å²) in [6.07, 6.45) is 0.620. The summed E-state index contributed by atoms with van der Waals surface area (Å²) in [5, 5.41) is 7.88. The molecular formula is C13H25N3O5S. The molecule has 8 nitrogen and oxygen atoms in total. The van der Waals surface area contributed by atoms with Crippen LogP contribution in [0.25, 0.3) is 0 Å². The standard InChI is InChI=1S/C13H25N3O5S/c1-13(2,9-14-10-17)21-6-4-15-12(19)16-5-7-22-8-11(18)20-3/h10H,4-9H2,1-3H3,(H,14,17)(H2,15,16,19). The van der Waals surface area contributed by atoms with Gasteiger partial charge in [-0.15, -0.1) is 11.8 Å². The molecule has 0 aliphatic rings. The smallest absolute Gasteiger partial charge is 0.315 e. The third-order valence-electron chi connectivity index (χ3n) is 2.47. The Morgan fingerprint density at radius 1 is 1.23 bits per heavy atom. The van der Waals surface area contributed by atoms with Crippen molar-refractivity contribution in [3.63, 3.8) is 0 Å². The van der Waals surface area contributed by atoms with Crippen molar-refractivity contribution in [3.05, 3.63) is 0 Å². The summed E-state index contributed by atoms with van der Waals surface area (Å²) in [6.45, 7) is 5.27. The van der Waals surface area contributed by atoms with Gasteiger partial charge in [-0.3, -0.25) is 9.59 Å². The van der Waals surface area contributed by atoms with Crippen molar-refractivity contribution in [1.29, 1.82) is 0 Å². The number of methoxy groups -OCH3 is 1. The summed E-state index contributed by atoms with van der Waals surface area (Å²) in [5.74, 6) is 0.624. The first-order chi connectivity index (χ1) is 10.4. The van der Waals surface area contributed by atoms with E-state index in [1.54, 1.807) is 0 Å². The maximum Gasteiger partial charge on any atom is 0.315 e. The molecule has 0 aromatic heterocycles. The van der Waals surface area contributed by atoms with Crippen molar-refractivity contribution in [2.24, 2.45) is 0 Å². The first kappa shape index (κ1) is 20.5. The lowest BCUT2D eigenvalue weighted by atomic mass is 10.1. The molecule has 0 rings (SSSR count). The number of carbonyl (C=O) groups excluding carboxylic acids is 3. The summed E-state index contributed by atoms with van der Waals surface area (Å²) in [4.78, 5) is 32.5. The number of hydrogen-bond donors (Lipinski definition) is 3. The molecule has 0 atom stereocenters. The normalized spacial score (nSPS) is 10.7. The fourth-order valence-electron chi connectivity index (χ4n) is 1.34. The minimum atomic E-state index is -0.483. The summed E-state index contributed by atoms with van der Waals surface area (Å²) >= 11 is 1.39. The molecule has 0 saturated carbocycles. The minimum Gasteiger partial charge on any atom is -0.468 e. The molecule has 0 unspecified atom stereocenters. The van der Waals surface area contributed by atoms with Gasteiger partial charge < -0.3 is 25.4 Å². The topological polar surface area (TPSA) is 106 Å². The van der Waals surface area contributed by atoms with Crippen molar-refractivity contribution in [1.82, 2.24) is 16.0 Å². The third kappa shape index (κ3) is 12.3. The molecular weight excluding hydrogens is 310 g/mol. The number of rotatable bonds is 12. The highest BCUT2D eigenvalue weighted by Gasteiger charge is 2.17. The second kappa shape index (κ2) is 12.1. The largest absolute Gasteiger partial charge is 0.468 e. The second-order valence-electron chi connectivity index (χ2n) is 4.92. The zero-order chi connectivity index (χ0) is 16.8. The maximum atomic E-state index is 11.5. The van der Waals surface area contributed by atoms with Gasteiger partial charge >= 0.3 is 12.0 Å². The number of hydrogen-bond acceptors (Lipinski definition) is 6. The van der Waals surface area contributed by atoms with E-state index in [-0.39, 0.29) is 17.8 Å². The van der Waals surface area contributed by atoms with E-state index in [0.717, 1.165) is 0 Å². The molecule has 9 heteroatoms. The van der Waals surface area contributed by atoms with E-state index in [2.05, 4.69) is 20.7 Å². The minimum absolute atomic E-state index is 0.275. The Bertz CT molecular complexity index is 353. The summed E-state index contributed by atoms with van der Waals surface area (Å²) in [7, 11) is 1.34. The van der Waals surface area contributed by atoms with E-state index in [9.17, 15) is 14.4 Å². The van der Waals surface area contributed by atoms with Crippen LogP contribution in [0.3, 0.4) is 0 Å². The Morgan fingerprint density at radius 2 is 1.91 bits per heavy atom. The Balaban J connectivity index is 3.53. The van der Waals surface area contributed by atoms with Gasteiger partial charge in [-0.25, -0.2) is 4.79 Å². The van der Waals surface area contributed by atoms with Crippen LogP contribution in [0.15, 0.2) is 0 Å². The number of ether oxygens (including phenoxy) is 2. The molecule has 0 aliphatic heterocycles. The molecule has 0 heterocycles. The number of carbonyl (C=O) groups is 3. The monoisotopic (exact) mass is 335 g/mol. The van der Waals surface area contributed by atoms with Crippen molar-refractivity contribution in [3.8, 4) is 0 Å². The number of thioether (sulfide) groups is 1. The zero-order valence-corrected chi connectivity index (χ0v) is 14.1. The quantitative estimate of drug-likeness (QED) is 0.258. The van der Waals surface area contributed by atoms with Crippen molar-refractivity contribution in [2.75, 3.05) is 44.9 Å². The van der Waals surface area contributed by atoms with Gasteiger partial charge in [0.05, 0.1) is 25.1 Å². The molecule has 0 aliphatic carbocycles. The van der Waals surface area contributed by atoms with E-state index >= 15 is 0 Å². The molecule has 0 aromatic rings. The van der Waals surface area contributed by atoms with Crippen LogP contribution in [0.5, 0.6) is 0 Å². The fourth-order valence-corrected chi connectivity index (χ4v) is 2.02. The van der Waals surface area contributed by atoms with Gasteiger partial charge in [0.1, 0.15) is 0 Å². The van der Waals surface area contributed by atoms with Gasteiger partial charge in [0, 0.05) is 25.4 Å². The number of esters is 1. The molecule has 0 fully saturated rings. The van der Waals surface area contributed by atoms with E-state index < -0.39 is 5.60 Å². The van der Waals surface area contributed by atoms with Crippen molar-refractivity contribution in [2.45, 2.75) is 19.4 Å². The van der Waals surface area contributed by atoms with Gasteiger partial charge in [-0.05, 0) is 13.8 Å². The predicted molar refractivity (Wildman–Crippen MR) is 84.8 cm³/mol.